The number of hydrogen-bond acceptors (Lipinski definition) is 2. The van der Waals surface area contributed by atoms with Gasteiger partial charge in [0.1, 0.15) is 5.78 Å². The second-order valence-corrected chi connectivity index (χ2v) is 5.42. The van der Waals surface area contributed by atoms with Crippen LogP contribution in [0.25, 0.3) is 0 Å². The van der Waals surface area contributed by atoms with Crippen LogP contribution in [0.3, 0.4) is 0 Å². The first-order valence-corrected chi connectivity index (χ1v) is 4.94. The lowest BCUT2D eigenvalue weighted by atomic mass is 9.87. The third kappa shape index (κ3) is 2.80. The van der Waals surface area contributed by atoms with Crippen molar-refractivity contribution in [3.63, 3.8) is 0 Å². The fraction of sp³-hybridized carbons (Fsp3) is 0.909. The van der Waals surface area contributed by atoms with Gasteiger partial charge in [0.15, 0.2) is 0 Å². The van der Waals surface area contributed by atoms with Crippen LogP contribution in [-0.4, -0.2) is 17.5 Å². The van der Waals surface area contributed by atoms with Gasteiger partial charge in [-0.25, -0.2) is 0 Å². The van der Waals surface area contributed by atoms with E-state index < -0.39 is 0 Å². The molecule has 1 rings (SSSR count). The van der Waals surface area contributed by atoms with Crippen molar-refractivity contribution in [2.24, 2.45) is 5.41 Å². The number of ether oxygens (including phenoxy) is 1. The Morgan fingerprint density at radius 3 is 2.15 bits per heavy atom. The fourth-order valence-corrected chi connectivity index (χ4v) is 1.38. The summed E-state index contributed by atoms with van der Waals surface area (Å²) in [5.41, 5.74) is -0.169. The molecule has 1 aliphatic rings. The molecule has 1 heterocycles. The van der Waals surface area contributed by atoms with Crippen LogP contribution < -0.4 is 0 Å². The third-order valence-corrected chi connectivity index (χ3v) is 2.63. The highest BCUT2D eigenvalue weighted by atomic mass is 16.6. The Morgan fingerprint density at radius 2 is 1.85 bits per heavy atom. The highest BCUT2D eigenvalue weighted by Crippen LogP contribution is 2.38. The van der Waals surface area contributed by atoms with Crippen LogP contribution in [0.5, 0.6) is 0 Å². The minimum Gasteiger partial charge on any atom is -0.367 e. The van der Waals surface area contributed by atoms with Crippen LogP contribution in [0.2, 0.25) is 0 Å². The van der Waals surface area contributed by atoms with Crippen LogP contribution in [0.4, 0.5) is 0 Å². The largest absolute Gasteiger partial charge is 0.367 e. The Hall–Kier alpha value is -0.370. The molecule has 1 unspecified atom stereocenters. The van der Waals surface area contributed by atoms with Gasteiger partial charge in [0.2, 0.25) is 0 Å². The minimum absolute atomic E-state index is 0.0260. The Kier molecular flexibility index (Phi) is 2.54. The summed E-state index contributed by atoms with van der Waals surface area (Å²) in [6.07, 6.45) is 1.83. The molecule has 0 N–H and O–H groups in total. The van der Waals surface area contributed by atoms with Gasteiger partial charge in [0.05, 0.1) is 11.7 Å². The number of Topliss-reactive ketones (excluding diaryl/α,β-unsaturated/α-hetero) is 1. The topological polar surface area (TPSA) is 29.6 Å². The standard InChI is InChI=1S/C11H20O2/c1-10(2,3)8(12)6-7-9-11(4,5)13-9/h9H,6-7H2,1-5H3. The van der Waals surface area contributed by atoms with Gasteiger partial charge in [0.25, 0.3) is 0 Å². The van der Waals surface area contributed by atoms with Crippen molar-refractivity contribution in [1.29, 1.82) is 0 Å². The summed E-state index contributed by atoms with van der Waals surface area (Å²) in [6, 6.07) is 0. The van der Waals surface area contributed by atoms with E-state index in [4.69, 9.17) is 4.74 Å². The molecule has 0 radical (unpaired) electrons. The molecule has 0 bridgehead atoms. The summed E-state index contributed by atoms with van der Waals surface area (Å²) in [7, 11) is 0. The third-order valence-electron chi connectivity index (χ3n) is 2.63. The van der Waals surface area contributed by atoms with E-state index in [1.807, 2.05) is 20.8 Å². The predicted molar refractivity (Wildman–Crippen MR) is 52.6 cm³/mol. The molecule has 0 saturated carbocycles. The highest BCUT2D eigenvalue weighted by Gasteiger charge is 2.47. The van der Waals surface area contributed by atoms with E-state index in [2.05, 4.69) is 13.8 Å². The van der Waals surface area contributed by atoms with Crippen LogP contribution in [0, 0.1) is 5.41 Å². The van der Waals surface area contributed by atoms with E-state index >= 15 is 0 Å². The monoisotopic (exact) mass is 184 g/mol. The lowest BCUT2D eigenvalue weighted by Crippen LogP contribution is -2.20. The molecule has 0 amide bonds. The zero-order valence-electron chi connectivity index (χ0n) is 9.31. The zero-order valence-corrected chi connectivity index (χ0v) is 9.31. The second kappa shape index (κ2) is 3.09. The van der Waals surface area contributed by atoms with Crippen molar-refractivity contribution in [3.05, 3.63) is 0 Å². The summed E-state index contributed by atoms with van der Waals surface area (Å²) in [6.45, 7) is 10.0. The van der Waals surface area contributed by atoms with Gasteiger partial charge in [-0.2, -0.15) is 0 Å². The normalized spacial score (nSPS) is 25.8. The van der Waals surface area contributed by atoms with E-state index in [0.717, 1.165) is 6.42 Å². The van der Waals surface area contributed by atoms with Gasteiger partial charge in [-0.3, -0.25) is 4.79 Å². The number of ketones is 1. The van der Waals surface area contributed by atoms with Crippen molar-refractivity contribution in [3.8, 4) is 0 Å². The summed E-state index contributed by atoms with van der Waals surface area (Å²) in [5.74, 6) is 0.332. The van der Waals surface area contributed by atoms with Gasteiger partial charge >= 0.3 is 0 Å². The fourth-order valence-electron chi connectivity index (χ4n) is 1.38. The van der Waals surface area contributed by atoms with E-state index in [-0.39, 0.29) is 11.0 Å². The van der Waals surface area contributed by atoms with Crippen LogP contribution >= 0.6 is 0 Å². The quantitative estimate of drug-likeness (QED) is 0.631. The van der Waals surface area contributed by atoms with Gasteiger partial charge in [-0.15, -0.1) is 0 Å². The summed E-state index contributed by atoms with van der Waals surface area (Å²) >= 11 is 0. The second-order valence-electron chi connectivity index (χ2n) is 5.42. The van der Waals surface area contributed by atoms with E-state index in [9.17, 15) is 4.79 Å². The Balaban J connectivity index is 2.25. The summed E-state index contributed by atoms with van der Waals surface area (Å²) < 4.78 is 5.42. The number of rotatable bonds is 3. The van der Waals surface area contributed by atoms with Crippen molar-refractivity contribution in [1.82, 2.24) is 0 Å². The maximum Gasteiger partial charge on any atom is 0.138 e. The molecule has 1 fully saturated rings. The molecule has 2 heteroatoms. The molecule has 0 aromatic rings. The number of carbonyl (C=O) groups excluding carboxylic acids is 1. The molecule has 13 heavy (non-hydrogen) atoms. The number of carbonyl (C=O) groups is 1. The maximum absolute atomic E-state index is 11.6. The van der Waals surface area contributed by atoms with Gasteiger partial charge < -0.3 is 4.74 Å². The molecule has 76 valence electrons. The molecular formula is C11H20O2. The molecule has 1 atom stereocenters. The molecule has 2 nitrogen and oxygen atoms in total. The average molecular weight is 184 g/mol. The van der Waals surface area contributed by atoms with Crippen LogP contribution in [0.15, 0.2) is 0 Å². The van der Waals surface area contributed by atoms with Gasteiger partial charge in [0, 0.05) is 11.8 Å². The van der Waals surface area contributed by atoms with Crippen LogP contribution in [0.1, 0.15) is 47.5 Å². The lowest BCUT2D eigenvalue weighted by Gasteiger charge is -2.15. The van der Waals surface area contributed by atoms with Crippen LogP contribution in [-0.2, 0) is 9.53 Å². The predicted octanol–water partition coefficient (Wildman–Crippen LogP) is 2.56. The Bertz CT molecular complexity index is 211. The molecule has 1 saturated heterocycles. The number of hydrogen-bond donors (Lipinski definition) is 0. The number of epoxide rings is 1. The lowest BCUT2D eigenvalue weighted by molar-refractivity contribution is -0.126. The molecule has 1 aliphatic heterocycles. The first-order valence-electron chi connectivity index (χ1n) is 4.94. The first-order chi connectivity index (χ1) is 5.73. The molecule has 0 aromatic carbocycles. The van der Waals surface area contributed by atoms with Gasteiger partial charge in [-0.1, -0.05) is 20.8 Å². The van der Waals surface area contributed by atoms with Crippen molar-refractivity contribution in [2.45, 2.75) is 59.2 Å². The summed E-state index contributed by atoms with van der Waals surface area (Å²) in [5, 5.41) is 0. The first kappa shape index (κ1) is 10.7. The molecule has 0 aromatic heterocycles. The molecular weight excluding hydrogens is 164 g/mol. The zero-order chi connectivity index (χ0) is 10.3. The Morgan fingerprint density at radius 1 is 1.38 bits per heavy atom. The van der Waals surface area contributed by atoms with Gasteiger partial charge in [-0.05, 0) is 20.3 Å². The molecule has 0 aliphatic carbocycles. The smallest absolute Gasteiger partial charge is 0.138 e. The van der Waals surface area contributed by atoms with E-state index in [0.29, 0.717) is 18.3 Å². The Labute approximate surface area is 80.7 Å². The highest BCUT2D eigenvalue weighted by molar-refractivity contribution is 5.83. The van der Waals surface area contributed by atoms with Crippen molar-refractivity contribution in [2.75, 3.05) is 0 Å². The maximum atomic E-state index is 11.6. The van der Waals surface area contributed by atoms with E-state index in [1.165, 1.54) is 0 Å². The van der Waals surface area contributed by atoms with Crippen molar-refractivity contribution < 1.29 is 9.53 Å². The SMILES string of the molecule is CC(C)(C)C(=O)CCC1OC1(C)C. The van der Waals surface area contributed by atoms with E-state index in [1.54, 1.807) is 0 Å². The summed E-state index contributed by atoms with van der Waals surface area (Å²) in [4.78, 5) is 11.6. The minimum atomic E-state index is -0.195. The molecule has 0 spiro atoms. The average Bonchev–Trinajstić information content (AvgIpc) is 2.52. The van der Waals surface area contributed by atoms with Crippen molar-refractivity contribution >= 4 is 5.78 Å².